The van der Waals surface area contributed by atoms with Gasteiger partial charge in [0.05, 0.1) is 11.1 Å². The number of carbonyl (C=O) groups is 2. The van der Waals surface area contributed by atoms with Gasteiger partial charge in [-0.05, 0) is 34.1 Å². The number of hydrogen-bond acceptors (Lipinski definition) is 3. The maximum atomic E-state index is 12.1. The van der Waals surface area contributed by atoms with E-state index in [-0.39, 0.29) is 18.2 Å². The number of hydrogen-bond donors (Lipinski definition) is 1. The molecule has 1 saturated heterocycles. The lowest BCUT2D eigenvalue weighted by molar-refractivity contribution is -0.124. The highest BCUT2D eigenvalue weighted by Gasteiger charge is 2.45. The van der Waals surface area contributed by atoms with Gasteiger partial charge in [0, 0.05) is 16.6 Å². The molecular formula is C12H13BrN2O2. The van der Waals surface area contributed by atoms with Crippen molar-refractivity contribution in [2.75, 3.05) is 10.6 Å². The molecule has 4 nitrogen and oxygen atoms in total. The maximum absolute atomic E-state index is 12.1. The highest BCUT2D eigenvalue weighted by Crippen LogP contribution is 2.38. The van der Waals surface area contributed by atoms with Crippen LogP contribution in [0, 0.1) is 5.41 Å². The molecule has 0 aromatic heterocycles. The van der Waals surface area contributed by atoms with Crippen molar-refractivity contribution in [3.63, 3.8) is 0 Å². The minimum atomic E-state index is -0.638. The summed E-state index contributed by atoms with van der Waals surface area (Å²) in [4.78, 5) is 25.3. The van der Waals surface area contributed by atoms with Crippen molar-refractivity contribution in [3.8, 4) is 0 Å². The summed E-state index contributed by atoms with van der Waals surface area (Å²) in [7, 11) is 0. The van der Waals surface area contributed by atoms with E-state index >= 15 is 0 Å². The first kappa shape index (κ1) is 12.1. The van der Waals surface area contributed by atoms with Gasteiger partial charge >= 0.3 is 0 Å². The van der Waals surface area contributed by atoms with Gasteiger partial charge in [0.2, 0.25) is 11.8 Å². The Bertz CT molecular complexity index is 511. The van der Waals surface area contributed by atoms with Crippen molar-refractivity contribution in [1.82, 2.24) is 0 Å². The number of nitrogen functional groups attached to an aromatic ring is 1. The second kappa shape index (κ2) is 3.84. The highest BCUT2D eigenvalue weighted by atomic mass is 79.9. The van der Waals surface area contributed by atoms with Crippen LogP contribution in [0.15, 0.2) is 22.7 Å². The third-order valence-corrected chi connectivity index (χ3v) is 3.51. The van der Waals surface area contributed by atoms with Crippen LogP contribution in [0.2, 0.25) is 0 Å². The third kappa shape index (κ3) is 1.95. The molecule has 1 aromatic carbocycles. The monoisotopic (exact) mass is 296 g/mol. The van der Waals surface area contributed by atoms with Gasteiger partial charge in [0.25, 0.3) is 0 Å². The molecule has 2 rings (SSSR count). The van der Waals surface area contributed by atoms with E-state index in [9.17, 15) is 9.59 Å². The summed E-state index contributed by atoms with van der Waals surface area (Å²) >= 11 is 3.33. The molecule has 2 amide bonds. The summed E-state index contributed by atoms with van der Waals surface area (Å²) in [6.07, 6.45) is 0.229. The van der Waals surface area contributed by atoms with Gasteiger partial charge in [-0.3, -0.25) is 9.59 Å². The number of anilines is 2. The van der Waals surface area contributed by atoms with E-state index in [0.29, 0.717) is 15.8 Å². The maximum Gasteiger partial charge on any atom is 0.239 e. The topological polar surface area (TPSA) is 63.4 Å². The molecule has 0 bridgehead atoms. The Morgan fingerprint density at radius 1 is 1.35 bits per heavy atom. The van der Waals surface area contributed by atoms with Crippen molar-refractivity contribution in [2.24, 2.45) is 5.41 Å². The molecule has 1 aliphatic heterocycles. The Hall–Kier alpha value is -1.36. The first-order valence-electron chi connectivity index (χ1n) is 5.25. The Labute approximate surface area is 108 Å². The van der Waals surface area contributed by atoms with Gasteiger partial charge in [0.1, 0.15) is 0 Å². The van der Waals surface area contributed by atoms with Crippen molar-refractivity contribution in [3.05, 3.63) is 22.7 Å². The fraction of sp³-hybridized carbons (Fsp3) is 0.333. The molecule has 0 radical (unpaired) electrons. The zero-order valence-corrected chi connectivity index (χ0v) is 11.2. The van der Waals surface area contributed by atoms with Gasteiger partial charge in [-0.2, -0.15) is 0 Å². The first-order chi connectivity index (χ1) is 7.83. The van der Waals surface area contributed by atoms with E-state index in [4.69, 9.17) is 5.73 Å². The van der Waals surface area contributed by atoms with Crippen LogP contribution < -0.4 is 10.6 Å². The molecule has 1 aromatic rings. The SMILES string of the molecule is CC1(C)CC(=O)N(c2cc(N)ccc2Br)C1=O. The lowest BCUT2D eigenvalue weighted by atomic mass is 9.92. The van der Waals surface area contributed by atoms with E-state index in [0.717, 1.165) is 0 Å². The number of halogens is 1. The van der Waals surface area contributed by atoms with Crippen molar-refractivity contribution < 1.29 is 9.59 Å². The summed E-state index contributed by atoms with van der Waals surface area (Å²) < 4.78 is 0.686. The number of imide groups is 1. The van der Waals surface area contributed by atoms with Crippen molar-refractivity contribution in [2.45, 2.75) is 20.3 Å². The Morgan fingerprint density at radius 2 is 2.00 bits per heavy atom. The molecule has 1 heterocycles. The van der Waals surface area contributed by atoms with Crippen LogP contribution in [0.5, 0.6) is 0 Å². The number of nitrogens with two attached hydrogens (primary N) is 1. The van der Waals surface area contributed by atoms with Crippen molar-refractivity contribution in [1.29, 1.82) is 0 Å². The number of rotatable bonds is 1. The molecule has 5 heteroatoms. The molecule has 17 heavy (non-hydrogen) atoms. The normalized spacial score (nSPS) is 18.9. The summed E-state index contributed by atoms with van der Waals surface area (Å²) in [6, 6.07) is 5.07. The van der Waals surface area contributed by atoms with Crippen LogP contribution >= 0.6 is 15.9 Å². The van der Waals surface area contributed by atoms with Crippen LogP contribution in [0.4, 0.5) is 11.4 Å². The van der Waals surface area contributed by atoms with Crippen molar-refractivity contribution >= 4 is 39.1 Å². The minimum absolute atomic E-state index is 0.186. The van der Waals surface area contributed by atoms with Gasteiger partial charge < -0.3 is 5.73 Å². The van der Waals surface area contributed by atoms with Gasteiger partial charge in [-0.1, -0.05) is 13.8 Å². The summed E-state index contributed by atoms with van der Waals surface area (Å²) in [5.74, 6) is -0.375. The summed E-state index contributed by atoms with van der Waals surface area (Å²) in [6.45, 7) is 3.54. The number of amides is 2. The predicted molar refractivity (Wildman–Crippen MR) is 69.4 cm³/mol. The number of nitrogens with zero attached hydrogens (tertiary/aromatic N) is 1. The fourth-order valence-electron chi connectivity index (χ4n) is 1.89. The predicted octanol–water partition coefficient (Wildman–Crippen LogP) is 2.32. The standard InChI is InChI=1S/C12H13BrN2O2/c1-12(2)6-10(16)15(11(12)17)9-5-7(14)3-4-8(9)13/h3-5H,6,14H2,1-2H3. The molecule has 1 aliphatic rings. The Balaban J connectivity index is 2.51. The van der Waals surface area contributed by atoms with E-state index < -0.39 is 5.41 Å². The Morgan fingerprint density at radius 3 is 2.53 bits per heavy atom. The molecule has 0 aliphatic carbocycles. The van der Waals surface area contributed by atoms with Crippen LogP contribution in [0.25, 0.3) is 0 Å². The largest absolute Gasteiger partial charge is 0.399 e. The fourth-order valence-corrected chi connectivity index (χ4v) is 2.32. The quantitative estimate of drug-likeness (QED) is 0.639. The molecule has 0 unspecified atom stereocenters. The summed E-state index contributed by atoms with van der Waals surface area (Å²) in [5, 5.41) is 0. The van der Waals surface area contributed by atoms with E-state index in [1.165, 1.54) is 4.90 Å². The van der Waals surface area contributed by atoms with Crippen LogP contribution in [0.1, 0.15) is 20.3 Å². The second-order valence-electron chi connectivity index (χ2n) is 4.81. The van der Waals surface area contributed by atoms with E-state index in [2.05, 4.69) is 15.9 Å². The number of carbonyl (C=O) groups excluding carboxylic acids is 2. The van der Waals surface area contributed by atoms with Gasteiger partial charge in [-0.15, -0.1) is 0 Å². The third-order valence-electron chi connectivity index (χ3n) is 2.84. The number of benzene rings is 1. The molecule has 0 atom stereocenters. The lowest BCUT2D eigenvalue weighted by Crippen LogP contribution is -2.33. The van der Waals surface area contributed by atoms with Crippen LogP contribution in [-0.2, 0) is 9.59 Å². The molecule has 0 spiro atoms. The Kier molecular flexibility index (Phi) is 2.73. The van der Waals surface area contributed by atoms with Gasteiger partial charge in [0.15, 0.2) is 0 Å². The molecular weight excluding hydrogens is 284 g/mol. The average Bonchev–Trinajstić information content (AvgIpc) is 2.41. The van der Waals surface area contributed by atoms with E-state index in [1.54, 1.807) is 32.0 Å². The minimum Gasteiger partial charge on any atom is -0.399 e. The molecule has 90 valence electrons. The van der Waals surface area contributed by atoms with Crippen LogP contribution in [0.3, 0.4) is 0 Å². The van der Waals surface area contributed by atoms with Gasteiger partial charge in [-0.25, -0.2) is 4.90 Å². The summed E-state index contributed by atoms with van der Waals surface area (Å²) in [5.41, 5.74) is 6.09. The second-order valence-corrected chi connectivity index (χ2v) is 5.66. The van der Waals surface area contributed by atoms with E-state index in [1.807, 2.05) is 0 Å². The zero-order chi connectivity index (χ0) is 12.8. The molecule has 2 N–H and O–H groups in total. The lowest BCUT2D eigenvalue weighted by Gasteiger charge is -2.19. The highest BCUT2D eigenvalue weighted by molar-refractivity contribution is 9.10. The smallest absolute Gasteiger partial charge is 0.239 e. The average molecular weight is 297 g/mol. The first-order valence-corrected chi connectivity index (χ1v) is 6.04. The molecule has 0 saturated carbocycles. The zero-order valence-electron chi connectivity index (χ0n) is 9.66. The molecule has 1 fully saturated rings. The van der Waals surface area contributed by atoms with Crippen LogP contribution in [-0.4, -0.2) is 11.8 Å².